The topological polar surface area (TPSA) is 80.7 Å². The number of aliphatic hydroxyl groups is 1. The summed E-state index contributed by atoms with van der Waals surface area (Å²) in [6, 6.07) is 0. The standard InChI is InChI=1S/C17H30N2O6/c1-16(2,3)25-15(21)19-8-6-18(7-9-19)10-11-12(20)13-14(22-11)24-17(4,5)23-13/h11-14,20H,6-10H2,1-5H3. The van der Waals surface area contributed by atoms with Crippen molar-refractivity contribution in [1.82, 2.24) is 9.80 Å². The fourth-order valence-corrected chi connectivity index (χ4v) is 3.40. The van der Waals surface area contributed by atoms with E-state index < -0.39 is 29.9 Å². The van der Waals surface area contributed by atoms with Gasteiger partial charge in [0, 0.05) is 32.7 Å². The Kier molecular flexibility index (Phi) is 5.02. The molecule has 0 aromatic rings. The van der Waals surface area contributed by atoms with Gasteiger partial charge in [-0.05, 0) is 34.6 Å². The second kappa shape index (κ2) is 6.66. The molecule has 3 saturated heterocycles. The van der Waals surface area contributed by atoms with Gasteiger partial charge in [-0.25, -0.2) is 4.79 Å². The molecule has 0 radical (unpaired) electrons. The van der Waals surface area contributed by atoms with Crippen molar-refractivity contribution in [3.63, 3.8) is 0 Å². The van der Waals surface area contributed by atoms with Crippen LogP contribution < -0.4 is 0 Å². The van der Waals surface area contributed by atoms with E-state index in [4.69, 9.17) is 18.9 Å². The molecule has 144 valence electrons. The van der Waals surface area contributed by atoms with Crippen molar-refractivity contribution in [3.05, 3.63) is 0 Å². The molecule has 3 fully saturated rings. The molecule has 0 spiro atoms. The maximum atomic E-state index is 12.1. The summed E-state index contributed by atoms with van der Waals surface area (Å²) in [4.78, 5) is 16.0. The Hall–Kier alpha value is -0.930. The van der Waals surface area contributed by atoms with E-state index in [-0.39, 0.29) is 12.2 Å². The van der Waals surface area contributed by atoms with Crippen molar-refractivity contribution in [2.75, 3.05) is 32.7 Å². The number of carbonyl (C=O) groups excluding carboxylic acids is 1. The lowest BCUT2D eigenvalue weighted by Crippen LogP contribution is -2.52. The van der Waals surface area contributed by atoms with Gasteiger partial charge in [-0.15, -0.1) is 0 Å². The highest BCUT2D eigenvalue weighted by atomic mass is 16.8. The van der Waals surface area contributed by atoms with Crippen LogP contribution in [0.4, 0.5) is 4.79 Å². The predicted octanol–water partition coefficient (Wildman–Crippen LogP) is 0.776. The number of rotatable bonds is 2. The van der Waals surface area contributed by atoms with E-state index in [1.165, 1.54) is 0 Å². The van der Waals surface area contributed by atoms with E-state index in [0.717, 1.165) is 0 Å². The van der Waals surface area contributed by atoms with Gasteiger partial charge in [0.1, 0.15) is 23.9 Å². The summed E-state index contributed by atoms with van der Waals surface area (Å²) in [6.45, 7) is 12.4. The first-order valence-corrected chi connectivity index (χ1v) is 8.93. The second-order valence-electron chi connectivity index (χ2n) is 8.40. The molecule has 8 nitrogen and oxygen atoms in total. The molecule has 3 aliphatic rings. The van der Waals surface area contributed by atoms with E-state index in [0.29, 0.717) is 32.7 Å². The van der Waals surface area contributed by atoms with Crippen LogP contribution in [0.5, 0.6) is 0 Å². The number of carbonyl (C=O) groups is 1. The average Bonchev–Trinajstić information content (AvgIpc) is 2.92. The third kappa shape index (κ3) is 4.43. The highest BCUT2D eigenvalue weighted by Gasteiger charge is 2.54. The van der Waals surface area contributed by atoms with E-state index >= 15 is 0 Å². The van der Waals surface area contributed by atoms with Gasteiger partial charge in [0.2, 0.25) is 0 Å². The Morgan fingerprint density at radius 3 is 2.40 bits per heavy atom. The Morgan fingerprint density at radius 1 is 1.20 bits per heavy atom. The molecule has 0 aromatic heterocycles. The molecule has 0 saturated carbocycles. The molecule has 0 aliphatic carbocycles. The Labute approximate surface area is 148 Å². The quantitative estimate of drug-likeness (QED) is 0.781. The number of nitrogens with zero attached hydrogens (tertiary/aromatic N) is 2. The van der Waals surface area contributed by atoms with Gasteiger partial charge in [0.05, 0.1) is 0 Å². The minimum atomic E-state index is -0.722. The molecular weight excluding hydrogens is 328 g/mol. The van der Waals surface area contributed by atoms with Gasteiger partial charge in [0.15, 0.2) is 12.1 Å². The van der Waals surface area contributed by atoms with E-state index in [2.05, 4.69) is 4.90 Å². The smallest absolute Gasteiger partial charge is 0.410 e. The molecule has 8 heteroatoms. The molecule has 3 rings (SSSR count). The van der Waals surface area contributed by atoms with Crippen LogP contribution in [0.2, 0.25) is 0 Å². The molecule has 1 N–H and O–H groups in total. The molecular formula is C17H30N2O6. The second-order valence-corrected chi connectivity index (χ2v) is 8.40. The Morgan fingerprint density at radius 2 is 1.84 bits per heavy atom. The van der Waals surface area contributed by atoms with Gasteiger partial charge >= 0.3 is 6.09 Å². The summed E-state index contributed by atoms with van der Waals surface area (Å²) in [5.74, 6) is -0.722. The van der Waals surface area contributed by atoms with Crippen LogP contribution in [0.25, 0.3) is 0 Å². The lowest BCUT2D eigenvalue weighted by atomic mass is 10.1. The molecule has 0 bridgehead atoms. The van der Waals surface area contributed by atoms with Crippen LogP contribution >= 0.6 is 0 Å². The number of piperazine rings is 1. The van der Waals surface area contributed by atoms with E-state index in [1.807, 2.05) is 34.6 Å². The fraction of sp³-hybridized carbons (Fsp3) is 0.941. The molecule has 3 heterocycles. The molecule has 4 atom stereocenters. The molecule has 1 amide bonds. The molecule has 4 unspecified atom stereocenters. The Bertz CT molecular complexity index is 498. The first-order valence-electron chi connectivity index (χ1n) is 8.93. The van der Waals surface area contributed by atoms with Crippen LogP contribution in [0, 0.1) is 0 Å². The van der Waals surface area contributed by atoms with Crippen molar-refractivity contribution in [1.29, 1.82) is 0 Å². The van der Waals surface area contributed by atoms with Gasteiger partial charge in [-0.3, -0.25) is 4.90 Å². The Balaban J connectivity index is 1.45. The molecule has 0 aromatic carbocycles. The third-order valence-electron chi connectivity index (χ3n) is 4.58. The van der Waals surface area contributed by atoms with Crippen LogP contribution in [0.15, 0.2) is 0 Å². The van der Waals surface area contributed by atoms with Gasteiger partial charge < -0.3 is 29.0 Å². The lowest BCUT2D eigenvalue weighted by Gasteiger charge is -2.37. The summed E-state index contributed by atoms with van der Waals surface area (Å²) in [5, 5.41) is 10.4. The average molecular weight is 358 g/mol. The first-order chi connectivity index (χ1) is 11.5. The van der Waals surface area contributed by atoms with E-state index in [9.17, 15) is 9.90 Å². The number of ether oxygens (including phenoxy) is 4. The maximum Gasteiger partial charge on any atom is 0.410 e. The zero-order valence-corrected chi connectivity index (χ0v) is 15.7. The summed E-state index contributed by atoms with van der Waals surface area (Å²) in [5.41, 5.74) is -0.485. The van der Waals surface area contributed by atoms with Crippen LogP contribution in [-0.4, -0.2) is 89.7 Å². The minimum Gasteiger partial charge on any atom is -0.444 e. The highest BCUT2D eigenvalue weighted by molar-refractivity contribution is 5.68. The molecule has 3 aliphatic heterocycles. The van der Waals surface area contributed by atoms with Gasteiger partial charge in [-0.2, -0.15) is 0 Å². The summed E-state index contributed by atoms with van der Waals surface area (Å²) < 4.78 is 22.6. The summed E-state index contributed by atoms with van der Waals surface area (Å²) in [7, 11) is 0. The van der Waals surface area contributed by atoms with Crippen molar-refractivity contribution < 1.29 is 28.8 Å². The van der Waals surface area contributed by atoms with E-state index in [1.54, 1.807) is 4.90 Å². The number of hydrogen-bond acceptors (Lipinski definition) is 7. The van der Waals surface area contributed by atoms with Crippen molar-refractivity contribution in [2.45, 2.75) is 70.6 Å². The monoisotopic (exact) mass is 358 g/mol. The van der Waals surface area contributed by atoms with Crippen LogP contribution in [-0.2, 0) is 18.9 Å². The number of aliphatic hydroxyl groups excluding tert-OH is 1. The maximum absolute atomic E-state index is 12.1. The highest BCUT2D eigenvalue weighted by Crippen LogP contribution is 2.37. The third-order valence-corrected chi connectivity index (χ3v) is 4.58. The largest absolute Gasteiger partial charge is 0.444 e. The van der Waals surface area contributed by atoms with Gasteiger partial charge in [0.25, 0.3) is 0 Å². The molecule has 25 heavy (non-hydrogen) atoms. The first kappa shape index (κ1) is 18.8. The van der Waals surface area contributed by atoms with Crippen LogP contribution in [0.1, 0.15) is 34.6 Å². The minimum absolute atomic E-state index is 0.275. The number of amides is 1. The number of fused-ring (bicyclic) bond motifs is 1. The van der Waals surface area contributed by atoms with Crippen molar-refractivity contribution >= 4 is 6.09 Å². The lowest BCUT2D eigenvalue weighted by molar-refractivity contribution is -0.216. The predicted molar refractivity (Wildman–Crippen MR) is 89.0 cm³/mol. The van der Waals surface area contributed by atoms with Crippen LogP contribution in [0.3, 0.4) is 0 Å². The summed E-state index contributed by atoms with van der Waals surface area (Å²) in [6.07, 6.45) is -2.29. The number of hydrogen-bond donors (Lipinski definition) is 1. The zero-order chi connectivity index (χ0) is 18.4. The SMILES string of the molecule is CC(C)(C)OC(=O)N1CCN(CC2OC3OC(C)(C)OC3C2O)CC1. The normalized spacial score (nSPS) is 35.7. The zero-order valence-electron chi connectivity index (χ0n) is 15.7. The van der Waals surface area contributed by atoms with Gasteiger partial charge in [-0.1, -0.05) is 0 Å². The van der Waals surface area contributed by atoms with Crippen molar-refractivity contribution in [3.8, 4) is 0 Å². The summed E-state index contributed by atoms with van der Waals surface area (Å²) >= 11 is 0. The fourth-order valence-electron chi connectivity index (χ4n) is 3.40. The van der Waals surface area contributed by atoms with Crippen molar-refractivity contribution in [2.24, 2.45) is 0 Å².